The van der Waals surface area contributed by atoms with Gasteiger partial charge in [-0.1, -0.05) is 36.4 Å². The Morgan fingerprint density at radius 1 is 1.08 bits per heavy atom. The second kappa shape index (κ2) is 7.96. The molecule has 2 saturated heterocycles. The van der Waals surface area contributed by atoms with E-state index in [0.29, 0.717) is 23.8 Å². The summed E-state index contributed by atoms with van der Waals surface area (Å²) < 4.78 is 0. The van der Waals surface area contributed by atoms with E-state index < -0.39 is 0 Å². The van der Waals surface area contributed by atoms with Crippen LogP contribution in [0.5, 0.6) is 0 Å². The van der Waals surface area contributed by atoms with Gasteiger partial charge in [-0.25, -0.2) is 0 Å². The molecule has 0 spiro atoms. The first kappa shape index (κ1) is 17.8. The largest absolute Gasteiger partial charge is 0.335 e. The van der Waals surface area contributed by atoms with E-state index in [1.54, 1.807) is 0 Å². The Hall–Kier alpha value is -1.61. The predicted octanol–water partition coefficient (Wildman–Crippen LogP) is 3.90. The molecular weight excluding hydrogens is 320 g/mol. The Kier molecular flexibility index (Phi) is 5.44. The molecule has 1 amide bonds. The lowest BCUT2D eigenvalue weighted by molar-refractivity contribution is -0.126. The standard InChI is InChI=1S/C23H32N2O/c1-18-21-9-5-6-10-22(21)23(26)25(18)17-20-12-15-24(16-13-20)14-11-19-7-3-2-4-8-19/h2-4,7-8,10,18,20-21H,5-6,9,11-17H2,1H3. The Bertz CT molecular complexity index is 645. The van der Waals surface area contributed by atoms with Gasteiger partial charge in [-0.15, -0.1) is 0 Å². The maximum absolute atomic E-state index is 12.8. The number of carbonyl (C=O) groups is 1. The molecule has 2 atom stereocenters. The second-order valence-electron chi connectivity index (χ2n) is 8.42. The molecule has 26 heavy (non-hydrogen) atoms. The van der Waals surface area contributed by atoms with Crippen LogP contribution in [0.2, 0.25) is 0 Å². The van der Waals surface area contributed by atoms with Crippen LogP contribution < -0.4 is 0 Å². The molecule has 3 nitrogen and oxygen atoms in total. The van der Waals surface area contributed by atoms with Crippen molar-refractivity contribution in [3.63, 3.8) is 0 Å². The summed E-state index contributed by atoms with van der Waals surface area (Å²) in [6.07, 6.45) is 9.37. The third kappa shape index (κ3) is 3.73. The molecular formula is C23H32N2O. The van der Waals surface area contributed by atoms with Crippen molar-refractivity contribution in [2.45, 2.75) is 51.5 Å². The zero-order chi connectivity index (χ0) is 17.9. The maximum atomic E-state index is 12.8. The van der Waals surface area contributed by atoms with E-state index in [0.717, 1.165) is 31.5 Å². The van der Waals surface area contributed by atoms with Crippen molar-refractivity contribution in [3.05, 3.63) is 47.5 Å². The lowest BCUT2D eigenvalue weighted by atomic mass is 9.86. The number of rotatable bonds is 5. The van der Waals surface area contributed by atoms with Crippen LogP contribution in [0.4, 0.5) is 0 Å². The molecule has 1 aromatic rings. The van der Waals surface area contributed by atoms with Crippen LogP contribution in [0.25, 0.3) is 0 Å². The van der Waals surface area contributed by atoms with Crippen LogP contribution in [-0.4, -0.2) is 47.9 Å². The summed E-state index contributed by atoms with van der Waals surface area (Å²) >= 11 is 0. The average Bonchev–Trinajstić information content (AvgIpc) is 2.93. The van der Waals surface area contributed by atoms with Gasteiger partial charge in [-0.3, -0.25) is 4.79 Å². The van der Waals surface area contributed by atoms with Crippen molar-refractivity contribution >= 4 is 5.91 Å². The minimum Gasteiger partial charge on any atom is -0.335 e. The fourth-order valence-corrected chi connectivity index (χ4v) is 5.07. The molecule has 0 bridgehead atoms. The number of benzene rings is 1. The van der Waals surface area contributed by atoms with Crippen LogP contribution in [-0.2, 0) is 11.2 Å². The van der Waals surface area contributed by atoms with Crippen molar-refractivity contribution in [2.24, 2.45) is 11.8 Å². The molecule has 2 fully saturated rings. The predicted molar refractivity (Wildman–Crippen MR) is 106 cm³/mol. The van der Waals surface area contributed by atoms with Crippen LogP contribution in [0.3, 0.4) is 0 Å². The van der Waals surface area contributed by atoms with Gasteiger partial charge in [0.25, 0.3) is 0 Å². The highest BCUT2D eigenvalue weighted by Crippen LogP contribution is 2.38. The lowest BCUT2D eigenvalue weighted by Gasteiger charge is -2.35. The van der Waals surface area contributed by atoms with Gasteiger partial charge in [0.15, 0.2) is 0 Å². The van der Waals surface area contributed by atoms with Crippen molar-refractivity contribution < 1.29 is 4.79 Å². The van der Waals surface area contributed by atoms with E-state index in [1.165, 1.54) is 44.3 Å². The number of hydrogen-bond donors (Lipinski definition) is 0. The van der Waals surface area contributed by atoms with E-state index in [9.17, 15) is 4.79 Å². The van der Waals surface area contributed by atoms with E-state index in [1.807, 2.05) is 0 Å². The number of nitrogens with zero attached hydrogens (tertiary/aromatic N) is 2. The van der Waals surface area contributed by atoms with E-state index in [-0.39, 0.29) is 0 Å². The number of amides is 1. The van der Waals surface area contributed by atoms with E-state index >= 15 is 0 Å². The molecule has 0 N–H and O–H groups in total. The number of fused-ring (bicyclic) bond motifs is 1. The minimum atomic E-state index is 0.341. The number of piperidine rings is 1. The fourth-order valence-electron chi connectivity index (χ4n) is 5.07. The van der Waals surface area contributed by atoms with Gasteiger partial charge in [0.1, 0.15) is 0 Å². The lowest BCUT2D eigenvalue weighted by Crippen LogP contribution is -2.42. The van der Waals surface area contributed by atoms with Crippen LogP contribution in [0.15, 0.2) is 42.0 Å². The third-order valence-electron chi connectivity index (χ3n) is 6.79. The summed E-state index contributed by atoms with van der Waals surface area (Å²) in [7, 11) is 0. The molecule has 2 unspecified atom stereocenters. The van der Waals surface area contributed by atoms with Crippen LogP contribution in [0, 0.1) is 11.8 Å². The molecule has 140 valence electrons. The summed E-state index contributed by atoms with van der Waals surface area (Å²) in [5, 5.41) is 0. The summed E-state index contributed by atoms with van der Waals surface area (Å²) in [6, 6.07) is 11.2. The highest BCUT2D eigenvalue weighted by Gasteiger charge is 2.42. The summed E-state index contributed by atoms with van der Waals surface area (Å²) in [5.74, 6) is 1.52. The Morgan fingerprint density at radius 3 is 2.58 bits per heavy atom. The van der Waals surface area contributed by atoms with Crippen molar-refractivity contribution in [1.82, 2.24) is 9.80 Å². The SMILES string of the molecule is CC1C2CCCC=C2C(=O)N1CC1CCN(CCc2ccccc2)CC1. The molecule has 3 heteroatoms. The van der Waals surface area contributed by atoms with Crippen molar-refractivity contribution in [2.75, 3.05) is 26.2 Å². The van der Waals surface area contributed by atoms with Gasteiger partial charge in [-0.2, -0.15) is 0 Å². The summed E-state index contributed by atoms with van der Waals surface area (Å²) in [6.45, 7) is 6.76. The number of likely N-dealkylation sites (tertiary alicyclic amines) is 2. The molecule has 1 aliphatic carbocycles. The first-order chi connectivity index (χ1) is 12.7. The van der Waals surface area contributed by atoms with Gasteiger partial charge in [-0.05, 0) is 70.0 Å². The van der Waals surface area contributed by atoms with Crippen molar-refractivity contribution in [3.8, 4) is 0 Å². The van der Waals surface area contributed by atoms with Crippen LogP contribution in [0.1, 0.15) is 44.6 Å². The molecule has 0 aromatic heterocycles. The van der Waals surface area contributed by atoms with Gasteiger partial charge < -0.3 is 9.80 Å². The summed E-state index contributed by atoms with van der Waals surface area (Å²) in [4.78, 5) is 17.6. The van der Waals surface area contributed by atoms with Crippen LogP contribution >= 0.6 is 0 Å². The average molecular weight is 353 g/mol. The maximum Gasteiger partial charge on any atom is 0.250 e. The third-order valence-corrected chi connectivity index (χ3v) is 6.79. The highest BCUT2D eigenvalue weighted by atomic mass is 16.2. The molecule has 0 radical (unpaired) electrons. The quantitative estimate of drug-likeness (QED) is 0.802. The summed E-state index contributed by atoms with van der Waals surface area (Å²) in [5.41, 5.74) is 2.56. The Morgan fingerprint density at radius 2 is 1.85 bits per heavy atom. The Labute approximate surface area is 158 Å². The first-order valence-electron chi connectivity index (χ1n) is 10.5. The number of hydrogen-bond acceptors (Lipinski definition) is 2. The zero-order valence-corrected chi connectivity index (χ0v) is 16.1. The van der Waals surface area contributed by atoms with E-state index in [2.05, 4.69) is 53.1 Å². The fraction of sp³-hybridized carbons (Fsp3) is 0.609. The number of carbonyl (C=O) groups excluding carboxylic acids is 1. The van der Waals surface area contributed by atoms with Gasteiger partial charge in [0, 0.05) is 30.6 Å². The minimum absolute atomic E-state index is 0.341. The highest BCUT2D eigenvalue weighted by molar-refractivity contribution is 5.97. The topological polar surface area (TPSA) is 23.6 Å². The van der Waals surface area contributed by atoms with Gasteiger partial charge >= 0.3 is 0 Å². The zero-order valence-electron chi connectivity index (χ0n) is 16.1. The monoisotopic (exact) mass is 352 g/mol. The van der Waals surface area contributed by atoms with Gasteiger partial charge in [0.05, 0.1) is 0 Å². The Balaban J connectivity index is 1.26. The molecule has 1 aromatic carbocycles. The number of allylic oxidation sites excluding steroid dienone is 1. The molecule has 2 heterocycles. The second-order valence-corrected chi connectivity index (χ2v) is 8.42. The molecule has 4 rings (SSSR count). The molecule has 3 aliphatic rings. The van der Waals surface area contributed by atoms with Crippen molar-refractivity contribution in [1.29, 1.82) is 0 Å². The smallest absolute Gasteiger partial charge is 0.250 e. The van der Waals surface area contributed by atoms with E-state index in [4.69, 9.17) is 0 Å². The molecule has 0 saturated carbocycles. The normalized spacial score (nSPS) is 27.5. The first-order valence-corrected chi connectivity index (χ1v) is 10.5. The van der Waals surface area contributed by atoms with Gasteiger partial charge in [0.2, 0.25) is 5.91 Å². The molecule has 2 aliphatic heterocycles.